The number of ketones is 1. The molecule has 5 heteroatoms. The Bertz CT molecular complexity index is 1130. The van der Waals surface area contributed by atoms with E-state index in [1.165, 1.54) is 0 Å². The molecule has 1 aliphatic carbocycles. The second-order valence-electron chi connectivity index (χ2n) is 9.59. The summed E-state index contributed by atoms with van der Waals surface area (Å²) in [5.74, 6) is -0.867. The van der Waals surface area contributed by atoms with Crippen LogP contribution >= 0.6 is 11.8 Å². The minimum atomic E-state index is -0.529. The van der Waals surface area contributed by atoms with Crippen LogP contribution in [0.1, 0.15) is 50.7 Å². The van der Waals surface area contributed by atoms with Gasteiger partial charge >= 0.3 is 0 Å². The Hall–Kier alpha value is -2.66. The average Bonchev–Trinajstić information content (AvgIpc) is 2.73. The second kappa shape index (κ2) is 8.70. The van der Waals surface area contributed by atoms with E-state index in [1.54, 1.807) is 11.8 Å². The summed E-state index contributed by atoms with van der Waals surface area (Å²) in [6, 6.07) is 16.0. The molecule has 1 heterocycles. The number of hydrogen-bond donors (Lipinski definition) is 1. The van der Waals surface area contributed by atoms with Crippen LogP contribution in [0.2, 0.25) is 0 Å². The largest absolute Gasteiger partial charge is 0.325 e. The number of hydrogen-bond acceptors (Lipinski definition) is 4. The molecule has 0 saturated carbocycles. The zero-order valence-corrected chi connectivity index (χ0v) is 20.2. The van der Waals surface area contributed by atoms with Gasteiger partial charge in [0.05, 0.1) is 5.92 Å². The maximum atomic E-state index is 13.6. The van der Waals surface area contributed by atoms with E-state index in [0.29, 0.717) is 6.42 Å². The van der Waals surface area contributed by atoms with Crippen molar-refractivity contribution >= 4 is 34.9 Å². The lowest BCUT2D eigenvalue weighted by molar-refractivity contribution is -0.119. The third kappa shape index (κ3) is 4.31. The molecule has 2 aliphatic rings. The standard InChI is InChI=1S/C27H30N2O2S/c1-16-8-6-7-9-20(16)29-26(31)23-17(2)28-21-14-27(3,4)15-22(30)25(21)24(23)18-10-12-19(32-5)13-11-18/h6-13,23-24H,14-15H2,1-5H3,(H,29,31)/t23?,24-/m0/s1. The van der Waals surface area contributed by atoms with Crippen LogP contribution in [-0.4, -0.2) is 23.7 Å². The molecule has 1 unspecified atom stereocenters. The summed E-state index contributed by atoms with van der Waals surface area (Å²) >= 11 is 1.68. The van der Waals surface area contributed by atoms with Crippen LogP contribution in [0.5, 0.6) is 0 Å². The highest BCUT2D eigenvalue weighted by atomic mass is 32.2. The van der Waals surface area contributed by atoms with Crippen molar-refractivity contribution in [3.05, 3.63) is 70.9 Å². The number of carbonyl (C=O) groups excluding carboxylic acids is 2. The van der Waals surface area contributed by atoms with Gasteiger partial charge in [-0.2, -0.15) is 0 Å². The number of aliphatic imine (C=N–C) groups is 1. The molecule has 1 amide bonds. The molecule has 32 heavy (non-hydrogen) atoms. The average molecular weight is 447 g/mol. The Kier molecular flexibility index (Phi) is 6.13. The Balaban J connectivity index is 1.80. The van der Waals surface area contributed by atoms with E-state index in [2.05, 4.69) is 43.4 Å². The van der Waals surface area contributed by atoms with Crippen molar-refractivity contribution in [2.75, 3.05) is 11.6 Å². The van der Waals surface area contributed by atoms with Crippen LogP contribution in [0, 0.1) is 18.3 Å². The minimum Gasteiger partial charge on any atom is -0.325 e. The quantitative estimate of drug-likeness (QED) is 0.571. The van der Waals surface area contributed by atoms with Crippen molar-refractivity contribution in [1.29, 1.82) is 0 Å². The summed E-state index contributed by atoms with van der Waals surface area (Å²) in [6.07, 6.45) is 3.26. The first-order valence-corrected chi connectivity index (χ1v) is 12.2. The van der Waals surface area contributed by atoms with Gasteiger partial charge in [0.2, 0.25) is 5.91 Å². The van der Waals surface area contributed by atoms with Crippen molar-refractivity contribution in [2.45, 2.75) is 51.3 Å². The number of carbonyl (C=O) groups is 2. The minimum absolute atomic E-state index is 0.111. The molecule has 0 bridgehead atoms. The lowest BCUT2D eigenvalue weighted by atomic mass is 9.66. The second-order valence-corrected chi connectivity index (χ2v) is 10.5. The van der Waals surface area contributed by atoms with Crippen LogP contribution in [0.25, 0.3) is 0 Å². The summed E-state index contributed by atoms with van der Waals surface area (Å²) in [6.45, 7) is 8.11. The maximum Gasteiger partial charge on any atom is 0.234 e. The fourth-order valence-electron chi connectivity index (χ4n) is 4.88. The van der Waals surface area contributed by atoms with Crippen LogP contribution in [0.4, 0.5) is 5.69 Å². The number of thioether (sulfide) groups is 1. The van der Waals surface area contributed by atoms with E-state index in [0.717, 1.165) is 45.1 Å². The van der Waals surface area contributed by atoms with E-state index >= 15 is 0 Å². The van der Waals surface area contributed by atoms with Crippen LogP contribution in [0.15, 0.2) is 69.7 Å². The van der Waals surface area contributed by atoms with Crippen LogP contribution in [-0.2, 0) is 9.59 Å². The third-order valence-corrected chi connectivity index (χ3v) is 7.21. The lowest BCUT2D eigenvalue weighted by Gasteiger charge is -2.39. The molecule has 0 spiro atoms. The van der Waals surface area contributed by atoms with Gasteiger partial charge in [-0.3, -0.25) is 14.6 Å². The van der Waals surface area contributed by atoms with Gasteiger partial charge in [0.25, 0.3) is 0 Å². The number of nitrogens with zero attached hydrogens (tertiary/aromatic N) is 1. The monoisotopic (exact) mass is 446 g/mol. The molecule has 1 aliphatic heterocycles. The molecule has 4 rings (SSSR count). The molecule has 2 atom stereocenters. The van der Waals surface area contributed by atoms with Crippen molar-refractivity contribution in [1.82, 2.24) is 0 Å². The molecule has 4 nitrogen and oxygen atoms in total. The molecule has 2 aromatic rings. The zero-order chi connectivity index (χ0) is 23.0. The van der Waals surface area contributed by atoms with Crippen molar-refractivity contribution in [2.24, 2.45) is 16.3 Å². The number of nitrogens with one attached hydrogen (secondary N) is 1. The smallest absolute Gasteiger partial charge is 0.234 e. The van der Waals surface area contributed by atoms with Crippen molar-refractivity contribution < 1.29 is 9.59 Å². The highest BCUT2D eigenvalue weighted by molar-refractivity contribution is 7.98. The predicted octanol–water partition coefficient (Wildman–Crippen LogP) is 6.17. The van der Waals surface area contributed by atoms with Gasteiger partial charge in [-0.1, -0.05) is 44.2 Å². The summed E-state index contributed by atoms with van der Waals surface area (Å²) in [7, 11) is 0. The topological polar surface area (TPSA) is 58.5 Å². The van der Waals surface area contributed by atoms with E-state index in [4.69, 9.17) is 4.99 Å². The Morgan fingerprint density at radius 2 is 1.75 bits per heavy atom. The summed E-state index contributed by atoms with van der Waals surface area (Å²) in [5.41, 5.74) is 4.99. The first-order valence-electron chi connectivity index (χ1n) is 11.0. The molecule has 2 aromatic carbocycles. The van der Waals surface area contributed by atoms with Crippen molar-refractivity contribution in [3.63, 3.8) is 0 Å². The number of anilines is 1. The lowest BCUT2D eigenvalue weighted by Crippen LogP contribution is -2.41. The number of benzene rings is 2. The molecular formula is C27H30N2O2S. The molecule has 1 N–H and O–H groups in total. The van der Waals surface area contributed by atoms with Gasteiger partial charge in [-0.15, -0.1) is 11.8 Å². The molecule has 166 valence electrons. The summed E-state index contributed by atoms with van der Waals surface area (Å²) in [5, 5.41) is 3.10. The third-order valence-electron chi connectivity index (χ3n) is 6.46. The molecular weight excluding hydrogens is 416 g/mol. The van der Waals surface area contributed by atoms with Gasteiger partial charge in [-0.25, -0.2) is 0 Å². The Morgan fingerprint density at radius 1 is 1.06 bits per heavy atom. The van der Waals surface area contributed by atoms with Gasteiger partial charge in [-0.05, 0) is 61.3 Å². The highest BCUT2D eigenvalue weighted by Crippen LogP contribution is 2.48. The number of amides is 1. The first-order chi connectivity index (χ1) is 15.2. The SMILES string of the molecule is CSc1ccc([C@@H]2C3=C(CC(C)(C)CC3=O)N=C(C)C2C(=O)Nc2ccccc2C)cc1. The Labute approximate surface area is 194 Å². The van der Waals surface area contributed by atoms with Crippen LogP contribution in [0.3, 0.4) is 0 Å². The first kappa shape index (κ1) is 22.5. The number of aryl methyl sites for hydroxylation is 1. The molecule has 0 radical (unpaired) electrons. The van der Waals surface area contributed by atoms with E-state index < -0.39 is 5.92 Å². The number of para-hydroxylation sites is 1. The highest BCUT2D eigenvalue weighted by Gasteiger charge is 2.45. The number of Topliss-reactive ketones (excluding diaryl/α,β-unsaturated/α-hetero) is 1. The molecule has 0 fully saturated rings. The normalized spacial score (nSPS) is 22.3. The predicted molar refractivity (Wildman–Crippen MR) is 132 cm³/mol. The fourth-order valence-corrected chi connectivity index (χ4v) is 5.29. The van der Waals surface area contributed by atoms with Crippen LogP contribution < -0.4 is 5.32 Å². The van der Waals surface area contributed by atoms with Gasteiger partial charge in [0.1, 0.15) is 0 Å². The van der Waals surface area contributed by atoms with Gasteiger partial charge < -0.3 is 5.32 Å². The van der Waals surface area contributed by atoms with Crippen molar-refractivity contribution in [3.8, 4) is 0 Å². The zero-order valence-electron chi connectivity index (χ0n) is 19.4. The number of allylic oxidation sites excluding steroid dienone is 2. The summed E-state index contributed by atoms with van der Waals surface area (Å²) < 4.78 is 0. The number of rotatable bonds is 4. The van der Waals surface area contributed by atoms with E-state index in [1.807, 2.05) is 44.4 Å². The summed E-state index contributed by atoms with van der Waals surface area (Å²) in [4.78, 5) is 33.0. The molecule has 0 aromatic heterocycles. The maximum absolute atomic E-state index is 13.6. The molecule has 0 saturated heterocycles. The fraction of sp³-hybridized carbons (Fsp3) is 0.370. The van der Waals surface area contributed by atoms with E-state index in [-0.39, 0.29) is 23.0 Å². The van der Waals surface area contributed by atoms with Gasteiger partial charge in [0.15, 0.2) is 5.78 Å². The Morgan fingerprint density at radius 3 is 2.41 bits per heavy atom. The van der Waals surface area contributed by atoms with E-state index in [9.17, 15) is 9.59 Å². The van der Waals surface area contributed by atoms with Gasteiger partial charge in [0, 0.05) is 39.9 Å².